The largest absolute Gasteiger partial charge is 0.228 e. The lowest BCUT2D eigenvalue weighted by atomic mass is 9.84. The predicted octanol–water partition coefficient (Wildman–Crippen LogP) is 3.35. The van der Waals surface area contributed by atoms with Crippen LogP contribution in [0.1, 0.15) is 42.9 Å². The molecule has 0 radical (unpaired) electrons. The smallest absolute Gasteiger partial charge is 0.154 e. The third-order valence-electron chi connectivity index (χ3n) is 3.67. The Balaban J connectivity index is 2.32. The van der Waals surface area contributed by atoms with E-state index in [1.54, 1.807) is 0 Å². The van der Waals surface area contributed by atoms with Crippen LogP contribution in [-0.2, 0) is 9.84 Å². The van der Waals surface area contributed by atoms with Crippen molar-refractivity contribution in [2.24, 2.45) is 5.92 Å². The SMILES string of the molecule is CS(=O)(=O)[C@H](c1ccccc1)C1CCCCC1. The van der Waals surface area contributed by atoms with Gasteiger partial charge < -0.3 is 0 Å². The summed E-state index contributed by atoms with van der Waals surface area (Å²) >= 11 is 0. The van der Waals surface area contributed by atoms with E-state index in [0.717, 1.165) is 18.4 Å². The van der Waals surface area contributed by atoms with Crippen LogP contribution in [0.5, 0.6) is 0 Å². The number of rotatable bonds is 3. The van der Waals surface area contributed by atoms with Gasteiger partial charge in [0.1, 0.15) is 0 Å². The maximum Gasteiger partial charge on any atom is 0.154 e. The van der Waals surface area contributed by atoms with Gasteiger partial charge in [0.25, 0.3) is 0 Å². The Morgan fingerprint density at radius 2 is 1.65 bits per heavy atom. The molecule has 0 bridgehead atoms. The Hall–Kier alpha value is -0.830. The van der Waals surface area contributed by atoms with E-state index in [0.29, 0.717) is 5.92 Å². The van der Waals surface area contributed by atoms with Crippen LogP contribution >= 0.6 is 0 Å². The highest BCUT2D eigenvalue weighted by Gasteiger charge is 2.32. The van der Waals surface area contributed by atoms with Crippen molar-refractivity contribution in [3.05, 3.63) is 35.9 Å². The van der Waals surface area contributed by atoms with Gasteiger partial charge in [0.15, 0.2) is 9.84 Å². The predicted molar refractivity (Wildman–Crippen MR) is 70.6 cm³/mol. The van der Waals surface area contributed by atoms with Crippen LogP contribution in [-0.4, -0.2) is 14.7 Å². The highest BCUT2D eigenvalue weighted by Crippen LogP contribution is 2.38. The van der Waals surface area contributed by atoms with Crippen molar-refractivity contribution >= 4 is 9.84 Å². The van der Waals surface area contributed by atoms with Crippen LogP contribution in [0.25, 0.3) is 0 Å². The van der Waals surface area contributed by atoms with Crippen LogP contribution in [0.4, 0.5) is 0 Å². The molecular formula is C14H20O2S. The molecule has 0 heterocycles. The summed E-state index contributed by atoms with van der Waals surface area (Å²) in [7, 11) is -3.02. The average molecular weight is 252 g/mol. The minimum absolute atomic E-state index is 0.302. The van der Waals surface area contributed by atoms with Gasteiger partial charge in [-0.3, -0.25) is 0 Å². The average Bonchev–Trinajstić information content (AvgIpc) is 2.30. The molecule has 17 heavy (non-hydrogen) atoms. The van der Waals surface area contributed by atoms with E-state index in [1.807, 2.05) is 30.3 Å². The molecule has 3 heteroatoms. The second-order valence-electron chi connectivity index (χ2n) is 5.06. The summed E-state index contributed by atoms with van der Waals surface area (Å²) in [6.07, 6.45) is 7.06. The van der Waals surface area contributed by atoms with Gasteiger partial charge in [-0.15, -0.1) is 0 Å². The summed E-state index contributed by atoms with van der Waals surface area (Å²) in [5.41, 5.74) is 0.960. The normalized spacial score (nSPS) is 20.1. The molecule has 0 aromatic heterocycles. The first-order valence-corrected chi connectivity index (χ1v) is 8.28. The fourth-order valence-corrected chi connectivity index (χ4v) is 4.57. The Morgan fingerprint density at radius 3 is 2.18 bits per heavy atom. The lowest BCUT2D eigenvalue weighted by Crippen LogP contribution is -2.23. The van der Waals surface area contributed by atoms with Gasteiger partial charge in [-0.1, -0.05) is 49.6 Å². The zero-order valence-corrected chi connectivity index (χ0v) is 11.1. The Labute approximate surface area is 104 Å². The molecule has 1 saturated carbocycles. The minimum Gasteiger partial charge on any atom is -0.228 e. The summed E-state index contributed by atoms with van der Waals surface area (Å²) in [4.78, 5) is 0. The van der Waals surface area contributed by atoms with Gasteiger partial charge in [0.2, 0.25) is 0 Å². The molecule has 1 aromatic carbocycles. The summed E-state index contributed by atoms with van der Waals surface area (Å²) in [5.74, 6) is 0.307. The maximum atomic E-state index is 12.0. The second kappa shape index (κ2) is 5.21. The molecule has 2 rings (SSSR count). The second-order valence-corrected chi connectivity index (χ2v) is 7.23. The van der Waals surface area contributed by atoms with Crippen LogP contribution in [0.3, 0.4) is 0 Å². The molecule has 1 aromatic rings. The highest BCUT2D eigenvalue weighted by molar-refractivity contribution is 7.90. The molecule has 0 unspecified atom stereocenters. The standard InChI is InChI=1S/C14H20O2S/c1-17(15,16)14(12-8-4-2-5-9-12)13-10-6-3-7-11-13/h2,4-5,8-9,13-14H,3,6-7,10-11H2,1H3/t14-/m1/s1. The molecule has 0 aliphatic heterocycles. The molecule has 1 aliphatic rings. The lowest BCUT2D eigenvalue weighted by molar-refractivity contribution is 0.343. The molecule has 0 spiro atoms. The van der Waals surface area contributed by atoms with Crippen LogP contribution in [0.15, 0.2) is 30.3 Å². The van der Waals surface area contributed by atoms with E-state index in [-0.39, 0.29) is 5.25 Å². The minimum atomic E-state index is -3.02. The van der Waals surface area contributed by atoms with E-state index in [9.17, 15) is 8.42 Å². The molecular weight excluding hydrogens is 232 g/mol. The monoisotopic (exact) mass is 252 g/mol. The van der Waals surface area contributed by atoms with Gasteiger partial charge in [-0.25, -0.2) is 8.42 Å². The quantitative estimate of drug-likeness (QED) is 0.826. The maximum absolute atomic E-state index is 12.0. The van der Waals surface area contributed by atoms with Gasteiger partial charge in [-0.2, -0.15) is 0 Å². The Bertz CT molecular complexity index is 444. The number of benzene rings is 1. The van der Waals surface area contributed by atoms with Gasteiger partial charge in [0.05, 0.1) is 5.25 Å². The van der Waals surface area contributed by atoms with Crippen molar-refractivity contribution < 1.29 is 8.42 Å². The molecule has 1 fully saturated rings. The zero-order valence-electron chi connectivity index (χ0n) is 10.3. The zero-order chi connectivity index (χ0) is 12.3. The lowest BCUT2D eigenvalue weighted by Gasteiger charge is -2.29. The van der Waals surface area contributed by atoms with Gasteiger partial charge in [0, 0.05) is 6.26 Å². The van der Waals surface area contributed by atoms with E-state index in [1.165, 1.54) is 25.5 Å². The summed E-state index contributed by atoms with van der Waals surface area (Å²) < 4.78 is 24.1. The van der Waals surface area contributed by atoms with Crippen molar-refractivity contribution in [2.75, 3.05) is 6.26 Å². The van der Waals surface area contributed by atoms with Crippen molar-refractivity contribution in [3.8, 4) is 0 Å². The van der Waals surface area contributed by atoms with Crippen molar-refractivity contribution in [1.82, 2.24) is 0 Å². The first-order chi connectivity index (χ1) is 8.09. The number of hydrogen-bond acceptors (Lipinski definition) is 2. The molecule has 0 N–H and O–H groups in total. The van der Waals surface area contributed by atoms with Crippen LogP contribution in [0, 0.1) is 5.92 Å². The van der Waals surface area contributed by atoms with E-state index in [2.05, 4.69) is 0 Å². The fraction of sp³-hybridized carbons (Fsp3) is 0.571. The van der Waals surface area contributed by atoms with Crippen LogP contribution < -0.4 is 0 Å². The van der Waals surface area contributed by atoms with Crippen molar-refractivity contribution in [1.29, 1.82) is 0 Å². The molecule has 94 valence electrons. The Kier molecular flexibility index (Phi) is 3.87. The fourth-order valence-electron chi connectivity index (χ4n) is 2.95. The molecule has 0 amide bonds. The van der Waals surface area contributed by atoms with Gasteiger partial charge in [-0.05, 0) is 24.3 Å². The molecule has 1 aliphatic carbocycles. The molecule has 0 saturated heterocycles. The van der Waals surface area contributed by atoms with Crippen molar-refractivity contribution in [3.63, 3.8) is 0 Å². The highest BCUT2D eigenvalue weighted by atomic mass is 32.2. The van der Waals surface area contributed by atoms with Crippen LogP contribution in [0.2, 0.25) is 0 Å². The molecule has 1 atom stereocenters. The van der Waals surface area contributed by atoms with E-state index in [4.69, 9.17) is 0 Å². The molecule has 2 nitrogen and oxygen atoms in total. The van der Waals surface area contributed by atoms with Gasteiger partial charge >= 0.3 is 0 Å². The third kappa shape index (κ3) is 3.09. The first-order valence-electron chi connectivity index (χ1n) is 6.33. The van der Waals surface area contributed by atoms with E-state index >= 15 is 0 Å². The Morgan fingerprint density at radius 1 is 1.06 bits per heavy atom. The summed E-state index contributed by atoms with van der Waals surface area (Å²) in [6, 6.07) is 9.68. The summed E-state index contributed by atoms with van der Waals surface area (Å²) in [5, 5.41) is -0.302. The number of sulfone groups is 1. The summed E-state index contributed by atoms with van der Waals surface area (Å²) in [6.45, 7) is 0. The number of hydrogen-bond donors (Lipinski definition) is 0. The first kappa shape index (κ1) is 12.6. The van der Waals surface area contributed by atoms with Crippen molar-refractivity contribution in [2.45, 2.75) is 37.4 Å². The van der Waals surface area contributed by atoms with E-state index < -0.39 is 9.84 Å². The third-order valence-corrected chi connectivity index (χ3v) is 5.25. The topological polar surface area (TPSA) is 34.1 Å².